The lowest BCUT2D eigenvalue weighted by atomic mass is 10.1. The van der Waals surface area contributed by atoms with Crippen molar-refractivity contribution < 1.29 is 9.59 Å². The summed E-state index contributed by atoms with van der Waals surface area (Å²) in [6, 6.07) is 11.3. The molecule has 0 aliphatic heterocycles. The van der Waals surface area contributed by atoms with Crippen molar-refractivity contribution in [3.05, 3.63) is 91.3 Å². The number of nitrogens with one attached hydrogen (secondary N) is 2. The molecule has 2 N–H and O–H groups in total. The predicted molar refractivity (Wildman–Crippen MR) is 126 cm³/mol. The molecule has 4 rings (SSSR count). The molecule has 3 aromatic rings. The Morgan fingerprint density at radius 3 is 2.25 bits per heavy atom. The van der Waals surface area contributed by atoms with Crippen LogP contribution in [0.25, 0.3) is 5.69 Å². The summed E-state index contributed by atoms with van der Waals surface area (Å²) in [6.45, 7) is 3.71. The van der Waals surface area contributed by atoms with Crippen molar-refractivity contribution in [1.82, 2.24) is 9.88 Å². The van der Waals surface area contributed by atoms with E-state index >= 15 is 0 Å². The van der Waals surface area contributed by atoms with E-state index in [4.69, 9.17) is 23.2 Å². The first-order valence-electron chi connectivity index (χ1n) is 10.1. The van der Waals surface area contributed by atoms with Crippen LogP contribution in [0, 0.1) is 13.8 Å². The summed E-state index contributed by atoms with van der Waals surface area (Å²) in [5.74, 6) is -0.661. The number of anilines is 1. The zero-order valence-electron chi connectivity index (χ0n) is 17.5. The summed E-state index contributed by atoms with van der Waals surface area (Å²) in [6.07, 6.45) is 3.44. The minimum absolute atomic E-state index is 0.207. The van der Waals surface area contributed by atoms with Gasteiger partial charge in [-0.1, -0.05) is 23.2 Å². The fraction of sp³-hybridized carbons (Fsp3) is 0.208. The molecular formula is C24H21Cl2N3O3. The van der Waals surface area contributed by atoms with E-state index in [9.17, 15) is 14.4 Å². The Bertz CT molecular complexity index is 1270. The van der Waals surface area contributed by atoms with E-state index in [0.717, 1.165) is 24.0 Å². The van der Waals surface area contributed by atoms with Gasteiger partial charge in [-0.05, 0) is 74.2 Å². The van der Waals surface area contributed by atoms with Crippen molar-refractivity contribution in [3.63, 3.8) is 0 Å². The van der Waals surface area contributed by atoms with Crippen LogP contribution in [0.4, 0.5) is 5.69 Å². The molecule has 6 nitrogen and oxygen atoms in total. The van der Waals surface area contributed by atoms with E-state index in [0.29, 0.717) is 27.0 Å². The molecular weight excluding hydrogens is 449 g/mol. The fourth-order valence-electron chi connectivity index (χ4n) is 3.53. The molecule has 0 spiro atoms. The van der Waals surface area contributed by atoms with Gasteiger partial charge in [-0.25, -0.2) is 0 Å². The molecule has 1 aliphatic rings. The minimum atomic E-state index is -0.454. The SMILES string of the molecule is Cc1cc(Cl)cc(C)c1-n1cc(C(=O)Nc2cc(C(=O)NC3CC3)ccc2Cl)ccc1=O. The molecule has 2 amide bonds. The number of amides is 2. The Hall–Kier alpha value is -3.09. The van der Waals surface area contributed by atoms with Gasteiger partial charge in [-0.15, -0.1) is 0 Å². The van der Waals surface area contributed by atoms with Crippen molar-refractivity contribution in [2.75, 3.05) is 5.32 Å². The zero-order chi connectivity index (χ0) is 23.0. The molecule has 0 bridgehead atoms. The van der Waals surface area contributed by atoms with Gasteiger partial charge >= 0.3 is 0 Å². The average molecular weight is 470 g/mol. The van der Waals surface area contributed by atoms with E-state index in [1.165, 1.54) is 22.9 Å². The number of benzene rings is 2. The number of hydrogen-bond donors (Lipinski definition) is 2. The van der Waals surface area contributed by atoms with E-state index < -0.39 is 5.91 Å². The molecule has 1 aromatic heterocycles. The number of carbonyl (C=O) groups excluding carboxylic acids is 2. The number of aryl methyl sites for hydroxylation is 2. The third kappa shape index (κ3) is 4.71. The van der Waals surface area contributed by atoms with Gasteiger partial charge < -0.3 is 10.6 Å². The van der Waals surface area contributed by atoms with Gasteiger partial charge in [0.2, 0.25) is 0 Å². The van der Waals surface area contributed by atoms with Crippen LogP contribution in [0.15, 0.2) is 53.5 Å². The largest absolute Gasteiger partial charge is 0.349 e. The number of hydrogen-bond acceptors (Lipinski definition) is 3. The highest BCUT2D eigenvalue weighted by Crippen LogP contribution is 2.26. The molecule has 0 atom stereocenters. The van der Waals surface area contributed by atoms with Gasteiger partial charge in [0.05, 0.1) is 22.0 Å². The lowest BCUT2D eigenvalue weighted by molar-refractivity contribution is 0.0949. The topological polar surface area (TPSA) is 80.2 Å². The van der Waals surface area contributed by atoms with Crippen molar-refractivity contribution in [3.8, 4) is 5.69 Å². The quantitative estimate of drug-likeness (QED) is 0.557. The molecule has 164 valence electrons. The van der Waals surface area contributed by atoms with E-state index in [1.54, 1.807) is 30.3 Å². The maximum Gasteiger partial charge on any atom is 0.257 e. The molecule has 1 saturated carbocycles. The summed E-state index contributed by atoms with van der Waals surface area (Å²) in [4.78, 5) is 37.8. The van der Waals surface area contributed by atoms with Crippen molar-refractivity contribution in [2.45, 2.75) is 32.7 Å². The summed E-state index contributed by atoms with van der Waals surface area (Å²) < 4.78 is 1.43. The second kappa shape index (κ2) is 8.81. The summed E-state index contributed by atoms with van der Waals surface area (Å²) in [5, 5.41) is 6.53. The highest BCUT2D eigenvalue weighted by molar-refractivity contribution is 6.34. The van der Waals surface area contributed by atoms with Crippen molar-refractivity contribution >= 4 is 40.7 Å². The molecule has 0 unspecified atom stereocenters. The van der Waals surface area contributed by atoms with Gasteiger partial charge in [-0.3, -0.25) is 19.0 Å². The fourth-order valence-corrected chi connectivity index (χ4v) is 4.02. The number of rotatable bonds is 5. The lowest BCUT2D eigenvalue weighted by Gasteiger charge is -2.15. The highest BCUT2D eigenvalue weighted by atomic mass is 35.5. The lowest BCUT2D eigenvalue weighted by Crippen LogP contribution is -2.25. The Balaban J connectivity index is 1.63. The molecule has 32 heavy (non-hydrogen) atoms. The van der Waals surface area contributed by atoms with Crippen LogP contribution >= 0.6 is 23.2 Å². The van der Waals surface area contributed by atoms with Crippen LogP contribution in [0.3, 0.4) is 0 Å². The number of pyridine rings is 1. The minimum Gasteiger partial charge on any atom is -0.349 e. The monoisotopic (exact) mass is 469 g/mol. The molecule has 2 aromatic carbocycles. The Labute approximate surface area is 195 Å². The Morgan fingerprint density at radius 2 is 1.59 bits per heavy atom. The van der Waals surface area contributed by atoms with Crippen molar-refractivity contribution in [1.29, 1.82) is 0 Å². The third-order valence-corrected chi connectivity index (χ3v) is 5.81. The first kappa shape index (κ1) is 22.1. The Kier molecular flexibility index (Phi) is 6.09. The van der Waals surface area contributed by atoms with E-state index in [1.807, 2.05) is 13.8 Å². The number of halogens is 2. The van der Waals surface area contributed by atoms with Crippen LogP contribution in [0.1, 0.15) is 44.7 Å². The molecule has 8 heteroatoms. The third-order valence-electron chi connectivity index (χ3n) is 5.26. The number of carbonyl (C=O) groups is 2. The van der Waals surface area contributed by atoms with Gasteiger partial charge in [0.15, 0.2) is 0 Å². The normalized spacial score (nSPS) is 13.0. The van der Waals surface area contributed by atoms with Gasteiger partial charge in [0, 0.05) is 28.9 Å². The molecule has 1 fully saturated rings. The summed E-state index contributed by atoms with van der Waals surface area (Å²) in [5.41, 5.74) is 3.02. The van der Waals surface area contributed by atoms with Gasteiger partial charge in [0.25, 0.3) is 17.4 Å². The second-order valence-electron chi connectivity index (χ2n) is 7.91. The van der Waals surface area contributed by atoms with Crippen LogP contribution in [-0.4, -0.2) is 22.4 Å². The van der Waals surface area contributed by atoms with Crippen LogP contribution in [0.5, 0.6) is 0 Å². The second-order valence-corrected chi connectivity index (χ2v) is 8.75. The van der Waals surface area contributed by atoms with E-state index in [2.05, 4.69) is 10.6 Å². The van der Waals surface area contributed by atoms with Crippen LogP contribution < -0.4 is 16.2 Å². The zero-order valence-corrected chi connectivity index (χ0v) is 19.1. The standard InChI is InChI=1S/C24H21Cl2N3O3/c1-13-9-17(25)10-14(2)22(13)29-12-16(4-8-21(29)30)24(32)28-20-11-15(3-7-19(20)26)23(31)27-18-5-6-18/h3-4,7-12,18H,5-6H2,1-2H3,(H,27,31)(H,28,32). The predicted octanol–water partition coefficient (Wildman–Crippen LogP) is 4.91. The maximum absolute atomic E-state index is 12.9. The first-order chi connectivity index (χ1) is 15.2. The Morgan fingerprint density at radius 1 is 0.938 bits per heavy atom. The highest BCUT2D eigenvalue weighted by Gasteiger charge is 2.24. The molecule has 0 radical (unpaired) electrons. The van der Waals surface area contributed by atoms with Crippen LogP contribution in [0.2, 0.25) is 10.0 Å². The molecule has 1 heterocycles. The number of aromatic nitrogens is 1. The van der Waals surface area contributed by atoms with Crippen LogP contribution in [-0.2, 0) is 0 Å². The van der Waals surface area contributed by atoms with E-state index in [-0.39, 0.29) is 23.1 Å². The van der Waals surface area contributed by atoms with Gasteiger partial charge in [0.1, 0.15) is 0 Å². The average Bonchev–Trinajstić information content (AvgIpc) is 3.54. The smallest absolute Gasteiger partial charge is 0.257 e. The van der Waals surface area contributed by atoms with Crippen molar-refractivity contribution in [2.24, 2.45) is 0 Å². The molecule has 1 aliphatic carbocycles. The molecule has 0 saturated heterocycles. The van der Waals surface area contributed by atoms with Gasteiger partial charge in [-0.2, -0.15) is 0 Å². The summed E-state index contributed by atoms with van der Waals surface area (Å²) in [7, 11) is 0. The summed E-state index contributed by atoms with van der Waals surface area (Å²) >= 11 is 12.4. The number of nitrogens with zero attached hydrogens (tertiary/aromatic N) is 1. The first-order valence-corrected chi connectivity index (χ1v) is 10.9. The maximum atomic E-state index is 12.9.